The molecule has 1 aromatic rings. The van der Waals surface area contributed by atoms with Gasteiger partial charge in [-0.3, -0.25) is 0 Å². The lowest BCUT2D eigenvalue weighted by molar-refractivity contribution is 0.0298. The number of nitrogens with zero attached hydrogens (tertiary/aromatic N) is 1. The Morgan fingerprint density at radius 1 is 1.23 bits per heavy atom. The summed E-state index contributed by atoms with van der Waals surface area (Å²) in [6, 6.07) is 9.67. The van der Waals surface area contributed by atoms with Crippen molar-refractivity contribution in [1.29, 1.82) is 0 Å². The zero-order valence-corrected chi connectivity index (χ0v) is 13.8. The van der Waals surface area contributed by atoms with Crippen molar-refractivity contribution >= 4 is 10.0 Å². The molecule has 0 radical (unpaired) electrons. The number of hydrogen-bond acceptors (Lipinski definition) is 4. The third kappa shape index (κ3) is 5.35. The van der Waals surface area contributed by atoms with E-state index in [2.05, 4.69) is 0 Å². The molecule has 1 aliphatic rings. The summed E-state index contributed by atoms with van der Waals surface area (Å²) in [4.78, 5) is 0. The van der Waals surface area contributed by atoms with Crippen molar-refractivity contribution in [3.63, 3.8) is 0 Å². The Hall–Kier alpha value is -0.950. The molecule has 0 bridgehead atoms. The molecule has 1 aliphatic heterocycles. The lowest BCUT2D eigenvalue weighted by Crippen LogP contribution is -2.39. The first-order valence-corrected chi connectivity index (χ1v) is 9.56. The SMILES string of the molecule is NCCCN(Cc1ccccc1)S(=O)(=O)CC1CCCCO1. The van der Waals surface area contributed by atoms with E-state index in [1.807, 2.05) is 30.3 Å². The van der Waals surface area contributed by atoms with Crippen LogP contribution in [0.2, 0.25) is 0 Å². The van der Waals surface area contributed by atoms with Crippen LogP contribution in [0.25, 0.3) is 0 Å². The molecule has 22 heavy (non-hydrogen) atoms. The van der Waals surface area contributed by atoms with Crippen LogP contribution < -0.4 is 5.73 Å². The topological polar surface area (TPSA) is 72.6 Å². The molecule has 0 amide bonds. The predicted molar refractivity (Wildman–Crippen MR) is 87.9 cm³/mol. The second-order valence-electron chi connectivity index (χ2n) is 5.73. The standard InChI is InChI=1S/C16H26N2O3S/c17-10-6-11-18(13-15-7-2-1-3-8-15)22(19,20)14-16-9-4-5-12-21-16/h1-3,7-8,16H,4-6,9-14,17H2. The Morgan fingerprint density at radius 2 is 2.00 bits per heavy atom. The molecule has 1 heterocycles. The Kier molecular flexibility index (Phi) is 6.82. The van der Waals surface area contributed by atoms with Crippen LogP contribution >= 0.6 is 0 Å². The van der Waals surface area contributed by atoms with Crippen LogP contribution in [0, 0.1) is 0 Å². The minimum atomic E-state index is -3.34. The highest BCUT2D eigenvalue weighted by Crippen LogP contribution is 2.18. The van der Waals surface area contributed by atoms with Crippen molar-refractivity contribution in [3.8, 4) is 0 Å². The fourth-order valence-electron chi connectivity index (χ4n) is 2.65. The summed E-state index contributed by atoms with van der Waals surface area (Å²) in [5.74, 6) is 0.0738. The van der Waals surface area contributed by atoms with Crippen LogP contribution in [0.15, 0.2) is 30.3 Å². The van der Waals surface area contributed by atoms with Gasteiger partial charge < -0.3 is 10.5 Å². The molecule has 6 heteroatoms. The molecule has 1 atom stereocenters. The Morgan fingerprint density at radius 3 is 2.64 bits per heavy atom. The maximum Gasteiger partial charge on any atom is 0.216 e. The van der Waals surface area contributed by atoms with Gasteiger partial charge in [-0.25, -0.2) is 8.42 Å². The molecule has 5 nitrogen and oxygen atoms in total. The number of nitrogens with two attached hydrogens (primary N) is 1. The monoisotopic (exact) mass is 326 g/mol. The van der Waals surface area contributed by atoms with Gasteiger partial charge in [0.15, 0.2) is 0 Å². The van der Waals surface area contributed by atoms with E-state index in [-0.39, 0.29) is 11.9 Å². The molecule has 2 N–H and O–H groups in total. The number of hydrogen-bond donors (Lipinski definition) is 1. The third-order valence-electron chi connectivity index (χ3n) is 3.88. The minimum Gasteiger partial charge on any atom is -0.377 e. The molecule has 0 aromatic heterocycles. The van der Waals surface area contributed by atoms with E-state index in [0.717, 1.165) is 24.8 Å². The Balaban J connectivity index is 2.05. The van der Waals surface area contributed by atoms with Crippen molar-refractivity contribution in [3.05, 3.63) is 35.9 Å². The summed E-state index contributed by atoms with van der Waals surface area (Å²) < 4.78 is 32.6. The van der Waals surface area contributed by atoms with Gasteiger partial charge >= 0.3 is 0 Å². The molecule has 0 spiro atoms. The molecular formula is C16H26N2O3S. The normalized spacial score (nSPS) is 19.5. The van der Waals surface area contributed by atoms with E-state index in [1.165, 1.54) is 0 Å². The van der Waals surface area contributed by atoms with E-state index in [0.29, 0.717) is 32.7 Å². The fraction of sp³-hybridized carbons (Fsp3) is 0.625. The van der Waals surface area contributed by atoms with Gasteiger partial charge in [-0.15, -0.1) is 0 Å². The van der Waals surface area contributed by atoms with Crippen LogP contribution in [0.4, 0.5) is 0 Å². The molecule has 1 fully saturated rings. The lowest BCUT2D eigenvalue weighted by Gasteiger charge is -2.27. The molecule has 2 rings (SSSR count). The van der Waals surface area contributed by atoms with E-state index < -0.39 is 10.0 Å². The maximum atomic E-state index is 12.7. The van der Waals surface area contributed by atoms with Gasteiger partial charge in [-0.05, 0) is 37.8 Å². The van der Waals surface area contributed by atoms with E-state index in [1.54, 1.807) is 4.31 Å². The number of benzene rings is 1. The molecule has 1 aromatic carbocycles. The summed E-state index contributed by atoms with van der Waals surface area (Å²) in [5.41, 5.74) is 6.54. The van der Waals surface area contributed by atoms with Crippen LogP contribution in [-0.4, -0.2) is 44.3 Å². The van der Waals surface area contributed by atoms with Gasteiger partial charge in [-0.2, -0.15) is 4.31 Å². The van der Waals surface area contributed by atoms with Crippen LogP contribution in [0.1, 0.15) is 31.2 Å². The molecule has 124 valence electrons. The highest BCUT2D eigenvalue weighted by atomic mass is 32.2. The van der Waals surface area contributed by atoms with Gasteiger partial charge in [0.25, 0.3) is 0 Å². The molecule has 1 unspecified atom stereocenters. The number of ether oxygens (including phenoxy) is 1. The van der Waals surface area contributed by atoms with Crippen molar-refractivity contribution in [2.24, 2.45) is 5.73 Å². The summed E-state index contributed by atoms with van der Waals surface area (Å²) in [7, 11) is -3.34. The minimum absolute atomic E-state index is 0.0738. The highest BCUT2D eigenvalue weighted by Gasteiger charge is 2.27. The second-order valence-corrected chi connectivity index (χ2v) is 7.74. The highest BCUT2D eigenvalue weighted by molar-refractivity contribution is 7.89. The van der Waals surface area contributed by atoms with Crippen molar-refractivity contribution in [2.45, 2.75) is 38.3 Å². The third-order valence-corrected chi connectivity index (χ3v) is 5.77. The summed E-state index contributed by atoms with van der Waals surface area (Å²) >= 11 is 0. The van der Waals surface area contributed by atoms with Crippen molar-refractivity contribution < 1.29 is 13.2 Å². The van der Waals surface area contributed by atoms with E-state index >= 15 is 0 Å². The number of rotatable bonds is 8. The first-order chi connectivity index (χ1) is 10.6. The first kappa shape index (κ1) is 17.4. The predicted octanol–water partition coefficient (Wildman–Crippen LogP) is 1.74. The van der Waals surface area contributed by atoms with Gasteiger partial charge in [-0.1, -0.05) is 30.3 Å². The van der Waals surface area contributed by atoms with Crippen LogP contribution in [0.3, 0.4) is 0 Å². The van der Waals surface area contributed by atoms with Crippen LogP contribution in [0.5, 0.6) is 0 Å². The van der Waals surface area contributed by atoms with Gasteiger partial charge in [0.2, 0.25) is 10.0 Å². The average molecular weight is 326 g/mol. The zero-order valence-electron chi connectivity index (χ0n) is 13.0. The van der Waals surface area contributed by atoms with Gasteiger partial charge in [0, 0.05) is 19.7 Å². The smallest absolute Gasteiger partial charge is 0.216 e. The molecular weight excluding hydrogens is 300 g/mol. The number of sulfonamides is 1. The summed E-state index contributed by atoms with van der Waals surface area (Å²) in [6.07, 6.45) is 3.39. The molecule has 1 saturated heterocycles. The fourth-order valence-corrected chi connectivity index (χ4v) is 4.35. The zero-order chi connectivity index (χ0) is 15.8. The van der Waals surface area contributed by atoms with Crippen molar-refractivity contribution in [1.82, 2.24) is 4.31 Å². The Labute approximate surface area is 133 Å². The first-order valence-electron chi connectivity index (χ1n) is 7.95. The molecule has 0 aliphatic carbocycles. The molecule has 0 saturated carbocycles. The van der Waals surface area contributed by atoms with E-state index in [9.17, 15) is 8.42 Å². The second kappa shape index (κ2) is 8.62. The largest absolute Gasteiger partial charge is 0.377 e. The Bertz CT molecular complexity index is 528. The average Bonchev–Trinajstić information content (AvgIpc) is 2.53. The van der Waals surface area contributed by atoms with Crippen LogP contribution in [-0.2, 0) is 21.3 Å². The van der Waals surface area contributed by atoms with Gasteiger partial charge in [0.05, 0.1) is 11.9 Å². The van der Waals surface area contributed by atoms with E-state index in [4.69, 9.17) is 10.5 Å². The quantitative estimate of drug-likeness (QED) is 0.790. The summed E-state index contributed by atoms with van der Waals surface area (Å²) in [6.45, 7) is 2.01. The maximum absolute atomic E-state index is 12.7. The van der Waals surface area contributed by atoms with Gasteiger partial charge in [0.1, 0.15) is 0 Å². The summed E-state index contributed by atoms with van der Waals surface area (Å²) in [5, 5.41) is 0. The van der Waals surface area contributed by atoms with Crippen molar-refractivity contribution in [2.75, 3.05) is 25.4 Å². The lowest BCUT2D eigenvalue weighted by atomic mass is 10.1.